The molecule has 0 spiro atoms. The molecule has 0 unspecified atom stereocenters. The Hall–Kier alpha value is -1.06. The smallest absolute Gasteiger partial charge is 0.308 e. The third-order valence-electron chi connectivity index (χ3n) is 2.07. The number of esters is 1. The molecule has 0 aliphatic carbocycles. The van der Waals surface area contributed by atoms with Crippen molar-refractivity contribution < 1.29 is 14.3 Å². The molecule has 1 saturated heterocycles. The molecule has 12 heavy (non-hydrogen) atoms. The minimum absolute atomic E-state index is 0.0291. The highest BCUT2D eigenvalue weighted by Gasteiger charge is 2.22. The van der Waals surface area contributed by atoms with E-state index in [1.54, 1.807) is 0 Å². The van der Waals surface area contributed by atoms with Gasteiger partial charge in [0, 0.05) is 13.0 Å². The lowest BCUT2D eigenvalue weighted by Crippen LogP contribution is -2.22. The molecule has 0 radical (unpaired) electrons. The molecule has 68 valence electrons. The lowest BCUT2D eigenvalue weighted by molar-refractivity contribution is -0.145. The molecule has 1 aliphatic heterocycles. The fourth-order valence-corrected chi connectivity index (χ4v) is 1.33. The average Bonchev–Trinajstić information content (AvgIpc) is 2.29. The molecule has 4 nitrogen and oxygen atoms in total. The van der Waals surface area contributed by atoms with E-state index in [0.717, 1.165) is 0 Å². The second kappa shape index (κ2) is 4.09. The molecule has 1 heterocycles. The third-order valence-corrected chi connectivity index (χ3v) is 2.07. The number of rotatable bonds is 1. The summed E-state index contributed by atoms with van der Waals surface area (Å²) in [6.45, 7) is 0.582. The highest BCUT2D eigenvalue weighted by atomic mass is 16.5. The van der Waals surface area contributed by atoms with Gasteiger partial charge in [-0.1, -0.05) is 0 Å². The Morgan fingerprint density at radius 2 is 2.33 bits per heavy atom. The summed E-state index contributed by atoms with van der Waals surface area (Å²) in [5.74, 6) is -0.276. The van der Waals surface area contributed by atoms with Crippen molar-refractivity contribution in [2.24, 2.45) is 5.92 Å². The van der Waals surface area contributed by atoms with Gasteiger partial charge in [0.05, 0.1) is 13.0 Å². The van der Waals surface area contributed by atoms with E-state index >= 15 is 0 Å². The number of methoxy groups -OCH3 is 1. The van der Waals surface area contributed by atoms with Crippen LogP contribution in [0.2, 0.25) is 0 Å². The molecule has 1 amide bonds. The second-order valence-corrected chi connectivity index (χ2v) is 2.90. The predicted molar refractivity (Wildman–Crippen MR) is 42.4 cm³/mol. The van der Waals surface area contributed by atoms with Gasteiger partial charge < -0.3 is 10.1 Å². The normalized spacial score (nSPS) is 24.1. The highest BCUT2D eigenvalue weighted by molar-refractivity contribution is 5.78. The third kappa shape index (κ3) is 2.22. The first-order valence-electron chi connectivity index (χ1n) is 4.08. The molecule has 1 aliphatic rings. The van der Waals surface area contributed by atoms with Gasteiger partial charge in [-0.2, -0.15) is 0 Å². The summed E-state index contributed by atoms with van der Waals surface area (Å²) >= 11 is 0. The quantitative estimate of drug-likeness (QED) is 0.568. The Morgan fingerprint density at radius 3 is 3.00 bits per heavy atom. The summed E-state index contributed by atoms with van der Waals surface area (Å²) in [6, 6.07) is 0. The van der Waals surface area contributed by atoms with Crippen LogP contribution in [-0.4, -0.2) is 25.5 Å². The number of hydrogen-bond acceptors (Lipinski definition) is 3. The van der Waals surface area contributed by atoms with Gasteiger partial charge in [0.2, 0.25) is 5.91 Å². The van der Waals surface area contributed by atoms with Crippen molar-refractivity contribution in [1.82, 2.24) is 5.32 Å². The first kappa shape index (κ1) is 9.03. The van der Waals surface area contributed by atoms with Crippen molar-refractivity contribution in [2.75, 3.05) is 13.7 Å². The molecular weight excluding hydrogens is 158 g/mol. The summed E-state index contributed by atoms with van der Waals surface area (Å²) in [7, 11) is 1.38. The van der Waals surface area contributed by atoms with E-state index in [1.165, 1.54) is 7.11 Å². The zero-order valence-corrected chi connectivity index (χ0v) is 7.13. The molecule has 1 atom stereocenters. The van der Waals surface area contributed by atoms with Crippen molar-refractivity contribution in [3.8, 4) is 0 Å². The van der Waals surface area contributed by atoms with Gasteiger partial charge in [-0.05, 0) is 12.8 Å². The van der Waals surface area contributed by atoms with Crippen LogP contribution in [0.15, 0.2) is 0 Å². The highest BCUT2D eigenvalue weighted by Crippen LogP contribution is 2.14. The largest absolute Gasteiger partial charge is 0.469 e. The molecule has 0 saturated carbocycles. The minimum atomic E-state index is -0.202. The van der Waals surface area contributed by atoms with E-state index in [9.17, 15) is 9.59 Å². The maximum absolute atomic E-state index is 11.1. The van der Waals surface area contributed by atoms with E-state index in [1.807, 2.05) is 0 Å². The Labute approximate surface area is 71.3 Å². The number of hydrogen-bond donors (Lipinski definition) is 1. The first-order valence-corrected chi connectivity index (χ1v) is 4.08. The van der Waals surface area contributed by atoms with Crippen molar-refractivity contribution in [3.63, 3.8) is 0 Å². The van der Waals surface area contributed by atoms with E-state index in [-0.39, 0.29) is 17.8 Å². The average molecular weight is 171 g/mol. The van der Waals surface area contributed by atoms with Gasteiger partial charge in [-0.3, -0.25) is 9.59 Å². The van der Waals surface area contributed by atoms with E-state index in [0.29, 0.717) is 25.8 Å². The Kier molecular flexibility index (Phi) is 3.08. The van der Waals surface area contributed by atoms with Gasteiger partial charge in [-0.15, -0.1) is 0 Å². The molecule has 0 bridgehead atoms. The Morgan fingerprint density at radius 1 is 1.58 bits per heavy atom. The fourth-order valence-electron chi connectivity index (χ4n) is 1.33. The summed E-state index contributed by atoms with van der Waals surface area (Å²) in [4.78, 5) is 21.9. The number of carbonyl (C=O) groups is 2. The molecule has 1 N–H and O–H groups in total. The van der Waals surface area contributed by atoms with Crippen molar-refractivity contribution in [2.45, 2.75) is 19.3 Å². The molecule has 0 aromatic heterocycles. The second-order valence-electron chi connectivity index (χ2n) is 2.90. The summed E-state index contributed by atoms with van der Waals surface area (Å²) in [5, 5.41) is 2.71. The van der Waals surface area contributed by atoms with Gasteiger partial charge >= 0.3 is 5.97 Å². The fraction of sp³-hybridized carbons (Fsp3) is 0.750. The van der Waals surface area contributed by atoms with E-state index in [4.69, 9.17) is 0 Å². The van der Waals surface area contributed by atoms with Crippen LogP contribution in [0.25, 0.3) is 0 Å². The number of nitrogens with one attached hydrogen (secondary N) is 1. The SMILES string of the molecule is COC(=O)[C@@H]1CCNC(=O)CC1. The number of amides is 1. The predicted octanol–water partition coefficient (Wildman–Crippen LogP) is 0.0757. The lowest BCUT2D eigenvalue weighted by atomic mass is 10.0. The molecular formula is C8H13NO3. The van der Waals surface area contributed by atoms with Crippen LogP contribution in [0, 0.1) is 5.92 Å². The summed E-state index contributed by atoms with van der Waals surface area (Å²) in [5.41, 5.74) is 0. The van der Waals surface area contributed by atoms with E-state index < -0.39 is 0 Å². The minimum Gasteiger partial charge on any atom is -0.469 e. The molecule has 1 fully saturated rings. The number of ether oxygens (including phenoxy) is 1. The molecule has 1 rings (SSSR count). The van der Waals surface area contributed by atoms with Gasteiger partial charge in [0.1, 0.15) is 0 Å². The van der Waals surface area contributed by atoms with Crippen molar-refractivity contribution in [1.29, 1.82) is 0 Å². The Balaban J connectivity index is 2.45. The standard InChI is InChI=1S/C8H13NO3/c1-12-8(11)6-2-3-7(10)9-5-4-6/h6H,2-5H2,1H3,(H,9,10)/t6-/m0/s1. The lowest BCUT2D eigenvalue weighted by Gasteiger charge is -2.08. The van der Waals surface area contributed by atoms with Gasteiger partial charge in [0.25, 0.3) is 0 Å². The van der Waals surface area contributed by atoms with Crippen LogP contribution in [0.4, 0.5) is 0 Å². The van der Waals surface area contributed by atoms with Crippen LogP contribution in [0.3, 0.4) is 0 Å². The van der Waals surface area contributed by atoms with Crippen LogP contribution < -0.4 is 5.32 Å². The van der Waals surface area contributed by atoms with Crippen LogP contribution in [0.1, 0.15) is 19.3 Å². The number of carbonyl (C=O) groups excluding carboxylic acids is 2. The summed E-state index contributed by atoms with van der Waals surface area (Å²) < 4.78 is 4.60. The van der Waals surface area contributed by atoms with Gasteiger partial charge in [0.15, 0.2) is 0 Å². The maximum atomic E-state index is 11.1. The van der Waals surface area contributed by atoms with E-state index in [2.05, 4.69) is 10.1 Å². The van der Waals surface area contributed by atoms with Crippen molar-refractivity contribution >= 4 is 11.9 Å². The Bertz CT molecular complexity index is 191. The molecule has 4 heteroatoms. The molecule has 0 aromatic carbocycles. The maximum Gasteiger partial charge on any atom is 0.308 e. The topological polar surface area (TPSA) is 55.4 Å². The zero-order valence-electron chi connectivity index (χ0n) is 7.13. The first-order chi connectivity index (χ1) is 5.74. The van der Waals surface area contributed by atoms with Crippen LogP contribution in [-0.2, 0) is 14.3 Å². The monoisotopic (exact) mass is 171 g/mol. The van der Waals surface area contributed by atoms with Crippen molar-refractivity contribution in [3.05, 3.63) is 0 Å². The zero-order chi connectivity index (χ0) is 8.97. The van der Waals surface area contributed by atoms with Crippen LogP contribution >= 0.6 is 0 Å². The van der Waals surface area contributed by atoms with Gasteiger partial charge in [-0.25, -0.2) is 0 Å². The summed E-state index contributed by atoms with van der Waals surface area (Å²) in [6.07, 6.45) is 1.73. The van der Waals surface area contributed by atoms with Crippen LogP contribution in [0.5, 0.6) is 0 Å². The molecule has 0 aromatic rings.